The highest BCUT2D eigenvalue weighted by atomic mass is 15.0. The van der Waals surface area contributed by atoms with Crippen molar-refractivity contribution >= 4 is 0 Å². The molecule has 0 heterocycles. The summed E-state index contributed by atoms with van der Waals surface area (Å²) in [7, 11) is 0. The lowest BCUT2D eigenvalue weighted by Gasteiger charge is -2.39. The predicted octanol–water partition coefficient (Wildman–Crippen LogP) is 3.59. The quantitative estimate of drug-likeness (QED) is 0.751. The largest absolute Gasteiger partial charge is 0.310 e. The van der Waals surface area contributed by atoms with Gasteiger partial charge in [0.15, 0.2) is 0 Å². The summed E-state index contributed by atoms with van der Waals surface area (Å²) in [6, 6.07) is 1.70. The third-order valence-corrected chi connectivity index (χ3v) is 5.69. The van der Waals surface area contributed by atoms with Gasteiger partial charge in [-0.15, -0.1) is 0 Å². The molecule has 0 saturated heterocycles. The summed E-state index contributed by atoms with van der Waals surface area (Å²) in [4.78, 5) is 0. The van der Waals surface area contributed by atoms with Crippen molar-refractivity contribution in [3.63, 3.8) is 0 Å². The van der Waals surface area contributed by atoms with Gasteiger partial charge in [0.05, 0.1) is 0 Å². The summed E-state index contributed by atoms with van der Waals surface area (Å²) < 4.78 is 0. The van der Waals surface area contributed by atoms with Gasteiger partial charge in [0.2, 0.25) is 0 Å². The molecular weight excluding hydrogens is 194 g/mol. The van der Waals surface area contributed by atoms with Gasteiger partial charge in [-0.05, 0) is 55.8 Å². The molecule has 0 amide bonds. The minimum Gasteiger partial charge on any atom is -0.310 e. The van der Waals surface area contributed by atoms with Gasteiger partial charge in [-0.25, -0.2) is 0 Å². The Morgan fingerprint density at radius 1 is 0.875 bits per heavy atom. The lowest BCUT2D eigenvalue weighted by Crippen LogP contribution is -2.49. The summed E-state index contributed by atoms with van der Waals surface area (Å²) >= 11 is 0. The van der Waals surface area contributed by atoms with Gasteiger partial charge < -0.3 is 5.32 Å². The van der Waals surface area contributed by atoms with E-state index in [1.807, 2.05) is 0 Å². The highest BCUT2D eigenvalue weighted by molar-refractivity contribution is 4.97. The van der Waals surface area contributed by atoms with Crippen molar-refractivity contribution in [2.45, 2.75) is 70.9 Å². The Labute approximate surface area is 100 Å². The second-order valence-electron chi connectivity index (χ2n) is 6.86. The smallest absolute Gasteiger partial charge is 0.0121 e. The third-order valence-electron chi connectivity index (χ3n) is 5.69. The van der Waals surface area contributed by atoms with E-state index >= 15 is 0 Å². The van der Waals surface area contributed by atoms with Gasteiger partial charge in [0.25, 0.3) is 0 Å². The first-order valence-corrected chi connectivity index (χ1v) is 7.50. The molecule has 3 aliphatic rings. The van der Waals surface area contributed by atoms with E-state index in [0.29, 0.717) is 0 Å². The number of hydrogen-bond donors (Lipinski definition) is 1. The Balaban J connectivity index is 1.60. The van der Waals surface area contributed by atoms with Crippen LogP contribution in [0.3, 0.4) is 0 Å². The predicted molar refractivity (Wildman–Crippen MR) is 68.3 cm³/mol. The van der Waals surface area contributed by atoms with Gasteiger partial charge in [-0.1, -0.05) is 26.7 Å². The van der Waals surface area contributed by atoms with Gasteiger partial charge >= 0.3 is 0 Å². The summed E-state index contributed by atoms with van der Waals surface area (Å²) in [6.07, 6.45) is 10.4. The Kier molecular flexibility index (Phi) is 2.99. The monoisotopic (exact) mass is 221 g/mol. The van der Waals surface area contributed by atoms with Crippen LogP contribution >= 0.6 is 0 Å². The van der Waals surface area contributed by atoms with E-state index in [-0.39, 0.29) is 0 Å². The van der Waals surface area contributed by atoms with Crippen LogP contribution in [0.15, 0.2) is 0 Å². The average molecular weight is 221 g/mol. The summed E-state index contributed by atoms with van der Waals surface area (Å²) in [6.45, 7) is 4.92. The average Bonchev–Trinajstić information content (AvgIpc) is 2.85. The van der Waals surface area contributed by atoms with Crippen molar-refractivity contribution < 1.29 is 0 Å². The fourth-order valence-corrected chi connectivity index (χ4v) is 4.71. The van der Waals surface area contributed by atoms with Crippen LogP contribution in [-0.2, 0) is 0 Å². The van der Waals surface area contributed by atoms with Crippen LogP contribution < -0.4 is 5.32 Å². The van der Waals surface area contributed by atoms with E-state index in [1.165, 1.54) is 44.9 Å². The van der Waals surface area contributed by atoms with Crippen LogP contribution in [0.25, 0.3) is 0 Å². The molecule has 16 heavy (non-hydrogen) atoms. The molecule has 1 nitrogen and oxygen atoms in total. The molecule has 5 atom stereocenters. The minimum atomic E-state index is 0.818. The van der Waals surface area contributed by atoms with Crippen molar-refractivity contribution in [2.75, 3.05) is 0 Å². The number of rotatable bonds is 2. The SMILES string of the molecule is CC1CCCC(C)C1NC1CC2CCC1C2. The first kappa shape index (κ1) is 11.1. The van der Waals surface area contributed by atoms with Gasteiger partial charge in [-0.2, -0.15) is 0 Å². The zero-order chi connectivity index (χ0) is 11.1. The topological polar surface area (TPSA) is 12.0 Å². The first-order chi connectivity index (χ1) is 7.74. The lowest BCUT2D eigenvalue weighted by molar-refractivity contribution is 0.174. The van der Waals surface area contributed by atoms with E-state index in [4.69, 9.17) is 0 Å². The number of fused-ring (bicyclic) bond motifs is 2. The van der Waals surface area contributed by atoms with E-state index in [9.17, 15) is 0 Å². The van der Waals surface area contributed by atoms with Crippen LogP contribution in [0, 0.1) is 23.7 Å². The van der Waals surface area contributed by atoms with Crippen LogP contribution in [0.5, 0.6) is 0 Å². The van der Waals surface area contributed by atoms with Crippen molar-refractivity contribution in [1.29, 1.82) is 0 Å². The number of nitrogens with one attached hydrogen (secondary N) is 1. The first-order valence-electron chi connectivity index (χ1n) is 7.50. The van der Waals surface area contributed by atoms with E-state index in [2.05, 4.69) is 19.2 Å². The maximum atomic E-state index is 4.05. The zero-order valence-corrected chi connectivity index (χ0v) is 10.9. The van der Waals surface area contributed by atoms with Crippen LogP contribution in [0.1, 0.15) is 58.8 Å². The molecule has 0 aromatic carbocycles. The van der Waals surface area contributed by atoms with E-state index in [0.717, 1.165) is 35.8 Å². The van der Waals surface area contributed by atoms with Gasteiger partial charge in [0.1, 0.15) is 0 Å². The van der Waals surface area contributed by atoms with Gasteiger partial charge in [0, 0.05) is 12.1 Å². The molecular formula is C15H27N. The van der Waals surface area contributed by atoms with Gasteiger partial charge in [-0.3, -0.25) is 0 Å². The molecule has 0 aromatic heterocycles. The molecule has 3 aliphatic carbocycles. The Morgan fingerprint density at radius 3 is 2.19 bits per heavy atom. The molecule has 5 unspecified atom stereocenters. The normalized spacial score (nSPS) is 52.1. The molecule has 2 bridgehead atoms. The second kappa shape index (κ2) is 4.33. The molecule has 0 spiro atoms. The molecule has 1 heteroatoms. The maximum Gasteiger partial charge on any atom is 0.0121 e. The molecule has 3 saturated carbocycles. The van der Waals surface area contributed by atoms with E-state index in [1.54, 1.807) is 0 Å². The Hall–Kier alpha value is -0.0400. The fraction of sp³-hybridized carbons (Fsp3) is 1.00. The van der Waals surface area contributed by atoms with E-state index < -0.39 is 0 Å². The third kappa shape index (κ3) is 1.92. The van der Waals surface area contributed by atoms with Crippen LogP contribution in [0.4, 0.5) is 0 Å². The zero-order valence-electron chi connectivity index (χ0n) is 10.9. The summed E-state index contributed by atoms with van der Waals surface area (Å²) in [5, 5.41) is 4.05. The second-order valence-corrected chi connectivity index (χ2v) is 6.86. The fourth-order valence-electron chi connectivity index (χ4n) is 4.71. The Bertz CT molecular complexity index is 240. The van der Waals surface area contributed by atoms with Crippen LogP contribution in [0.2, 0.25) is 0 Å². The molecule has 3 fully saturated rings. The van der Waals surface area contributed by atoms with Crippen LogP contribution in [-0.4, -0.2) is 12.1 Å². The van der Waals surface area contributed by atoms with Crippen molar-refractivity contribution in [3.8, 4) is 0 Å². The molecule has 1 N–H and O–H groups in total. The molecule has 3 rings (SSSR count). The molecule has 0 aliphatic heterocycles. The van der Waals surface area contributed by atoms with Crippen molar-refractivity contribution in [1.82, 2.24) is 5.32 Å². The minimum absolute atomic E-state index is 0.818. The highest BCUT2D eigenvalue weighted by Gasteiger charge is 2.41. The Morgan fingerprint density at radius 2 is 1.62 bits per heavy atom. The number of hydrogen-bond acceptors (Lipinski definition) is 1. The summed E-state index contributed by atoms with van der Waals surface area (Å²) in [5.41, 5.74) is 0. The molecule has 92 valence electrons. The molecule has 0 aromatic rings. The van der Waals surface area contributed by atoms with Crippen molar-refractivity contribution in [2.24, 2.45) is 23.7 Å². The van der Waals surface area contributed by atoms with Crippen molar-refractivity contribution in [3.05, 3.63) is 0 Å². The standard InChI is InChI=1S/C15H27N/c1-10-4-3-5-11(2)15(10)16-14-9-12-6-7-13(14)8-12/h10-16H,3-9H2,1-2H3. The highest BCUT2D eigenvalue weighted by Crippen LogP contribution is 2.45. The summed E-state index contributed by atoms with van der Waals surface area (Å²) in [5.74, 6) is 3.92. The lowest BCUT2D eigenvalue weighted by atomic mass is 9.78. The molecule has 0 radical (unpaired) electrons. The maximum absolute atomic E-state index is 4.05.